The molecule has 94 heavy (non-hydrogen) atoms. The van der Waals surface area contributed by atoms with Gasteiger partial charge >= 0.3 is 125 Å². The minimum atomic E-state index is -2.31. The number of carboxylic acids is 12. The van der Waals surface area contributed by atoms with Crippen molar-refractivity contribution in [2.24, 2.45) is 22.9 Å². The van der Waals surface area contributed by atoms with E-state index < -0.39 is 246 Å². The van der Waals surface area contributed by atoms with Crippen molar-refractivity contribution in [1.29, 1.82) is 0 Å². The predicted molar refractivity (Wildman–Crippen MR) is 252 cm³/mol. The maximum atomic E-state index is 9.98. The van der Waals surface area contributed by atoms with E-state index in [0.717, 1.165) is 0 Å². The van der Waals surface area contributed by atoms with E-state index in [2.05, 4.69) is 0 Å². The number of rotatable bonds is 32. The first-order valence-corrected chi connectivity index (χ1v) is 22.6. The number of carboxylic acid groups (broad SMARTS) is 12. The summed E-state index contributed by atoms with van der Waals surface area (Å²) in [5.74, 6) is -20.2. The van der Waals surface area contributed by atoms with Gasteiger partial charge in [0.15, 0.2) is 0 Å². The van der Waals surface area contributed by atoms with E-state index >= 15 is 0 Å². The number of carbonyl (C=O) groups excluding carboxylic acids is 12. The molecule has 0 saturated heterocycles. The maximum Gasteiger partial charge on any atom is 2.00 e. The Bertz CT molecular complexity index is 1820. The fourth-order valence-electron chi connectivity index (χ4n) is 3.70. The summed E-state index contributed by atoms with van der Waals surface area (Å²) in [4.78, 5) is 117. The number of hydrogen-bond donors (Lipinski definition) is 24. The van der Waals surface area contributed by atoms with Gasteiger partial charge in [-0.15, -0.1) is 0 Å². The zero-order valence-electron chi connectivity index (χ0n) is 48.1. The minimum Gasteiger partial charge on any atom is -0.550 e. The number of nitrogens with two attached hydrogens (primary N) is 4. The molecule has 0 aliphatic carbocycles. The first-order chi connectivity index (χ1) is 39.8. The molecule has 529 valence electrons. The molecule has 0 spiro atoms. The van der Waals surface area contributed by atoms with Gasteiger partial charge in [-0.2, -0.15) is 0 Å². The van der Waals surface area contributed by atoms with Crippen LogP contribution in [0.25, 0.3) is 0 Å². The summed E-state index contributed by atoms with van der Waals surface area (Å²) in [7, 11) is 0. The van der Waals surface area contributed by atoms with Crippen LogP contribution in [-0.2, 0) is 114 Å². The van der Waals surface area contributed by atoms with Crippen LogP contribution >= 0.6 is 0 Å². The van der Waals surface area contributed by atoms with Crippen LogP contribution in [0.4, 0.5) is 0 Å². The second-order valence-corrected chi connectivity index (χ2v) is 16.0. The summed E-state index contributed by atoms with van der Waals surface area (Å²) in [6.07, 6.45) is -35.1. The maximum absolute atomic E-state index is 9.98. The van der Waals surface area contributed by atoms with E-state index in [-0.39, 0.29) is 125 Å². The van der Waals surface area contributed by atoms with Crippen LogP contribution in [0.1, 0.15) is 25.7 Å². The Morgan fingerprint density at radius 3 is 0.404 bits per heavy atom. The zero-order chi connectivity index (χ0) is 72.1. The summed E-state index contributed by atoms with van der Waals surface area (Å²) in [5.41, 5.74) is 18.9. The fraction of sp³-hybridized carbons (Fsp3) is 0.700. The van der Waals surface area contributed by atoms with E-state index in [1.54, 1.807) is 0 Å². The van der Waals surface area contributed by atoms with Gasteiger partial charge in [0.05, 0.1) is 74.2 Å². The standard InChI is InChI=1S/4C6H12O7.4C4H7NO4.Cu.3Mg.2Zn/c4*7-1-2(8)3(9)4(10)5(11)6(12)13;4*5-2(4(8)9)1-3(6)7;;;;;;/h4*2-5,7-11H,1H2,(H,12,13);4*2H,1,5H2,(H,6,7)(H,8,9);;;;;;/q;;;;;;;;6*+2/p-12/t4*2-,3-,4+,5-;4*2-;;;;;;/m11110000....../s1. The average Bonchev–Trinajstić information content (AvgIpc) is 3.43. The average molecular weight is 1570 g/mol. The molecule has 0 fully saturated rings. The Kier molecular flexibility index (Phi) is 91.9. The summed E-state index contributed by atoms with van der Waals surface area (Å²) in [6, 6.07) is -5.85. The van der Waals surface area contributed by atoms with Crippen molar-refractivity contribution in [2.75, 3.05) is 26.4 Å². The third-order valence-corrected chi connectivity index (χ3v) is 8.74. The van der Waals surface area contributed by atoms with Crippen molar-refractivity contribution in [3.8, 4) is 0 Å². The van der Waals surface area contributed by atoms with Gasteiger partial charge in [-0.25, -0.2) is 0 Å². The smallest absolute Gasteiger partial charge is 0.550 e. The summed E-state index contributed by atoms with van der Waals surface area (Å²) in [5, 5.41) is 291. The topological polar surface area (TPSA) is 990 Å². The molecule has 0 rings (SSSR count). The first kappa shape index (κ1) is 124. The zero-order valence-corrected chi connectivity index (χ0v) is 59.2. The monoisotopic (exact) mass is 1570 g/mol. The number of aliphatic hydroxyl groups excluding tert-OH is 20. The second-order valence-electron chi connectivity index (χ2n) is 16.0. The van der Waals surface area contributed by atoms with E-state index in [0.29, 0.717) is 0 Å². The van der Waals surface area contributed by atoms with Crippen molar-refractivity contribution in [1.82, 2.24) is 0 Å². The van der Waals surface area contributed by atoms with Crippen LogP contribution in [0.3, 0.4) is 0 Å². The van der Waals surface area contributed by atoms with Gasteiger partial charge in [0.2, 0.25) is 0 Å². The third kappa shape index (κ3) is 67.3. The Morgan fingerprint density at radius 2 is 0.351 bits per heavy atom. The molecule has 0 aliphatic rings. The Balaban J connectivity index is -0.0000000646. The Labute approximate surface area is 610 Å². The van der Waals surface area contributed by atoms with Crippen molar-refractivity contribution in [2.45, 2.75) is 148 Å². The molecular formula is C40H64CuMg3N4O44Zn2. The summed E-state index contributed by atoms with van der Waals surface area (Å²) < 4.78 is 0. The molecule has 48 nitrogen and oxygen atoms in total. The van der Waals surface area contributed by atoms with Crippen LogP contribution in [0.2, 0.25) is 0 Å². The summed E-state index contributed by atoms with van der Waals surface area (Å²) >= 11 is 0. The van der Waals surface area contributed by atoms with Gasteiger partial charge in [-0.05, 0) is 0 Å². The van der Waals surface area contributed by atoms with Crippen LogP contribution in [0, 0.1) is 0 Å². The Morgan fingerprint density at radius 1 is 0.245 bits per heavy atom. The van der Waals surface area contributed by atoms with Gasteiger partial charge in [-0.1, -0.05) is 0 Å². The van der Waals surface area contributed by atoms with Crippen LogP contribution in [0.15, 0.2) is 0 Å². The molecule has 28 N–H and O–H groups in total. The molecule has 0 unspecified atom stereocenters. The molecule has 0 heterocycles. The molecule has 0 bridgehead atoms. The van der Waals surface area contributed by atoms with Crippen molar-refractivity contribution in [3.63, 3.8) is 0 Å². The van der Waals surface area contributed by atoms with Crippen LogP contribution in [0.5, 0.6) is 0 Å². The molecule has 0 aromatic carbocycles. The van der Waals surface area contributed by atoms with E-state index in [1.165, 1.54) is 0 Å². The normalized spacial score (nSPS) is 16.1. The quantitative estimate of drug-likeness (QED) is 0.0278. The molecule has 0 aliphatic heterocycles. The van der Waals surface area contributed by atoms with Crippen molar-refractivity contribution >= 4 is 141 Å². The molecular weight excluding hydrogens is 1510 g/mol. The number of carbonyl (C=O) groups is 12. The van der Waals surface area contributed by atoms with Crippen molar-refractivity contribution in [3.05, 3.63) is 0 Å². The minimum absolute atomic E-state index is 0. The van der Waals surface area contributed by atoms with Crippen LogP contribution < -0.4 is 84.2 Å². The second kappa shape index (κ2) is 69.6. The van der Waals surface area contributed by atoms with Crippen LogP contribution in [-0.4, -0.2) is 391 Å². The van der Waals surface area contributed by atoms with Gasteiger partial charge in [0.1, 0.15) is 97.7 Å². The molecule has 20 atom stereocenters. The fourth-order valence-corrected chi connectivity index (χ4v) is 3.70. The van der Waals surface area contributed by atoms with E-state index in [9.17, 15) is 119 Å². The van der Waals surface area contributed by atoms with Gasteiger partial charge in [0.25, 0.3) is 0 Å². The van der Waals surface area contributed by atoms with E-state index in [4.69, 9.17) is 125 Å². The molecule has 0 amide bonds. The molecule has 0 aromatic rings. The predicted octanol–water partition coefficient (Wildman–Crippen LogP) is -35.6. The number of aliphatic carboxylic acids is 12. The number of hydrogen-bond acceptors (Lipinski definition) is 48. The van der Waals surface area contributed by atoms with Gasteiger partial charge in [-0.3, -0.25) is 0 Å². The Hall–Kier alpha value is -3.26. The molecule has 0 aromatic heterocycles. The van der Waals surface area contributed by atoms with E-state index in [1.807, 2.05) is 0 Å². The third-order valence-electron chi connectivity index (χ3n) is 8.74. The first-order valence-electron chi connectivity index (χ1n) is 22.6. The molecule has 54 heteroatoms. The number of aliphatic hydroxyl groups is 20. The van der Waals surface area contributed by atoms with Gasteiger partial charge in [0, 0.05) is 73.7 Å². The molecule has 1 radical (unpaired) electrons. The van der Waals surface area contributed by atoms with Crippen molar-refractivity contribution < 1.29 is 277 Å². The molecule has 0 saturated carbocycles. The summed E-state index contributed by atoms with van der Waals surface area (Å²) in [6.45, 7) is -3.45. The largest absolute Gasteiger partial charge is 2.00 e. The van der Waals surface area contributed by atoms with Gasteiger partial charge < -0.3 is 244 Å². The SMILES string of the molecule is N[C@@H](CC(=O)[O-])C(=O)[O-].N[C@@H](CC(=O)[O-])C(=O)[O-].N[C@@H](CC(=O)[O-])C(=O)[O-].N[C@@H](CC(=O)[O-])C(=O)[O-].O=C([O-])[C@H](O)[C@@H](O)[C@H](O)[C@H](O)CO.O=C([O-])[C@H](O)[C@@H](O)[C@H](O)[C@H](O)CO.O=C([O-])[C@H](O)[C@@H](O)[C@H](O)[C@H](O)CO.O=C([O-])[C@H](O)[C@@H](O)[C@H](O)[C@H](O)CO.[Cu+2].[Mg+2].[Mg+2].[Mg+2].[Zn+2].[Zn+2].